The first-order valence-electron chi connectivity index (χ1n) is 8.69. The summed E-state index contributed by atoms with van der Waals surface area (Å²) in [6.45, 7) is 2.03. The van der Waals surface area contributed by atoms with Crippen LogP contribution in [0.25, 0.3) is 11.3 Å². The lowest BCUT2D eigenvalue weighted by Gasteiger charge is -2.20. The van der Waals surface area contributed by atoms with Crippen LogP contribution in [0.4, 0.5) is 5.69 Å². The molecule has 26 heavy (non-hydrogen) atoms. The van der Waals surface area contributed by atoms with E-state index < -0.39 is 5.92 Å². The zero-order chi connectivity index (χ0) is 18.8. The van der Waals surface area contributed by atoms with Crippen LogP contribution >= 0.6 is 0 Å². The Morgan fingerprint density at radius 1 is 1.42 bits per heavy atom. The van der Waals surface area contributed by atoms with Crippen molar-refractivity contribution in [2.24, 2.45) is 5.92 Å². The maximum atomic E-state index is 12.4. The van der Waals surface area contributed by atoms with Crippen LogP contribution in [0.15, 0.2) is 36.8 Å². The number of hydrazine groups is 1. The number of aromatic nitrogens is 2. The van der Waals surface area contributed by atoms with E-state index in [1.165, 1.54) is 0 Å². The van der Waals surface area contributed by atoms with Gasteiger partial charge in [-0.3, -0.25) is 30.6 Å². The molecule has 0 radical (unpaired) electrons. The molecule has 8 heteroatoms. The number of nitrogens with one attached hydrogen (secondary N) is 3. The third-order valence-corrected chi connectivity index (χ3v) is 4.03. The largest absolute Gasteiger partial charge is 0.361 e. The number of carbonyl (C=O) groups is 2. The first kappa shape index (κ1) is 19.5. The van der Waals surface area contributed by atoms with Crippen LogP contribution in [-0.2, 0) is 9.59 Å². The van der Waals surface area contributed by atoms with Gasteiger partial charge in [0, 0.05) is 23.7 Å². The van der Waals surface area contributed by atoms with E-state index in [4.69, 9.17) is 0 Å². The quantitative estimate of drug-likeness (QED) is 0.213. The number of carbonyl (C=O) groups excluding carboxylic acids is 2. The first-order chi connectivity index (χ1) is 12.6. The summed E-state index contributed by atoms with van der Waals surface area (Å²) in [4.78, 5) is 30.3. The molecular weight excluding hydrogens is 334 g/mol. The van der Waals surface area contributed by atoms with Crippen molar-refractivity contribution < 1.29 is 14.8 Å². The van der Waals surface area contributed by atoms with Crippen molar-refractivity contribution in [2.75, 3.05) is 12.0 Å². The molecule has 0 spiro atoms. The average molecular weight is 359 g/mol. The molecule has 0 fully saturated rings. The van der Waals surface area contributed by atoms with Crippen molar-refractivity contribution in [3.05, 3.63) is 36.8 Å². The first-order valence-corrected chi connectivity index (χ1v) is 8.69. The van der Waals surface area contributed by atoms with Gasteiger partial charge in [0.05, 0.1) is 24.3 Å². The molecule has 2 aromatic rings. The summed E-state index contributed by atoms with van der Waals surface area (Å²) >= 11 is 0. The summed E-state index contributed by atoms with van der Waals surface area (Å²) in [5, 5.41) is 9.92. The molecule has 140 valence electrons. The summed E-state index contributed by atoms with van der Waals surface area (Å²) in [6, 6.07) is 5.68. The molecule has 0 aliphatic carbocycles. The van der Waals surface area contributed by atoms with Gasteiger partial charge in [-0.2, -0.15) is 0 Å². The third kappa shape index (κ3) is 5.89. The lowest BCUT2D eigenvalue weighted by molar-refractivity contribution is -0.154. The second-order valence-electron chi connectivity index (χ2n) is 6.08. The number of hydrogen-bond acceptors (Lipinski definition) is 5. The van der Waals surface area contributed by atoms with E-state index >= 15 is 0 Å². The Balaban J connectivity index is 1.95. The van der Waals surface area contributed by atoms with E-state index in [0.29, 0.717) is 23.6 Å². The molecule has 1 atom stereocenters. The van der Waals surface area contributed by atoms with E-state index in [0.717, 1.165) is 30.5 Å². The second kappa shape index (κ2) is 10.2. The fourth-order valence-corrected chi connectivity index (χ4v) is 2.62. The van der Waals surface area contributed by atoms with Crippen molar-refractivity contribution in [3.8, 4) is 11.3 Å². The fourth-order valence-electron chi connectivity index (χ4n) is 2.62. The van der Waals surface area contributed by atoms with Gasteiger partial charge in [-0.25, -0.2) is 5.06 Å². The van der Waals surface area contributed by atoms with Gasteiger partial charge in [0.25, 0.3) is 0 Å². The van der Waals surface area contributed by atoms with Gasteiger partial charge in [0.1, 0.15) is 0 Å². The van der Waals surface area contributed by atoms with Crippen LogP contribution in [0.1, 0.15) is 32.6 Å². The van der Waals surface area contributed by atoms with Crippen LogP contribution in [0.2, 0.25) is 0 Å². The molecule has 2 rings (SSSR count). The van der Waals surface area contributed by atoms with Crippen molar-refractivity contribution in [1.82, 2.24) is 20.5 Å². The molecule has 2 aromatic heterocycles. The highest BCUT2D eigenvalue weighted by Crippen LogP contribution is 2.19. The molecule has 4 N–H and O–H groups in total. The topological polar surface area (TPSA) is 110 Å². The average Bonchev–Trinajstić information content (AvgIpc) is 3.20. The van der Waals surface area contributed by atoms with Gasteiger partial charge >= 0.3 is 0 Å². The summed E-state index contributed by atoms with van der Waals surface area (Å²) < 4.78 is 0. The Labute approximate surface area is 152 Å². The Morgan fingerprint density at radius 2 is 2.27 bits per heavy atom. The highest BCUT2D eigenvalue weighted by molar-refractivity contribution is 5.80. The van der Waals surface area contributed by atoms with E-state index in [9.17, 15) is 14.8 Å². The molecule has 2 heterocycles. The van der Waals surface area contributed by atoms with Crippen molar-refractivity contribution in [1.29, 1.82) is 0 Å². The van der Waals surface area contributed by atoms with Crippen LogP contribution in [0, 0.1) is 5.92 Å². The Morgan fingerprint density at radius 3 is 2.96 bits per heavy atom. The minimum Gasteiger partial charge on any atom is -0.361 e. The minimum absolute atomic E-state index is 0.0402. The zero-order valence-electron chi connectivity index (χ0n) is 14.8. The number of H-pyrrole nitrogens is 1. The highest BCUT2D eigenvalue weighted by Gasteiger charge is 2.20. The monoisotopic (exact) mass is 359 g/mol. The number of pyridine rings is 1. The maximum Gasteiger partial charge on any atom is 0.243 e. The summed E-state index contributed by atoms with van der Waals surface area (Å²) in [7, 11) is 0. The smallest absolute Gasteiger partial charge is 0.243 e. The summed E-state index contributed by atoms with van der Waals surface area (Å²) in [5.74, 6) is -0.781. The normalized spacial score (nSPS) is 11.6. The van der Waals surface area contributed by atoms with Gasteiger partial charge in [-0.15, -0.1) is 0 Å². The van der Waals surface area contributed by atoms with Crippen molar-refractivity contribution in [2.45, 2.75) is 32.6 Å². The number of rotatable bonds is 11. The van der Waals surface area contributed by atoms with Crippen LogP contribution in [-0.4, -0.2) is 39.1 Å². The predicted octanol–water partition coefficient (Wildman–Crippen LogP) is 2.56. The lowest BCUT2D eigenvalue weighted by atomic mass is 10.0. The maximum absolute atomic E-state index is 12.4. The Hall–Kier alpha value is -2.87. The fraction of sp³-hybridized carbons (Fsp3) is 0.389. The molecule has 0 aromatic carbocycles. The number of anilines is 1. The van der Waals surface area contributed by atoms with Gasteiger partial charge in [-0.05, 0) is 24.6 Å². The molecule has 1 unspecified atom stereocenters. The Kier molecular flexibility index (Phi) is 7.63. The van der Waals surface area contributed by atoms with Gasteiger partial charge in [0.15, 0.2) is 0 Å². The standard InChI is InChI=1S/C18H25N5O3/c1-2-3-4-6-14(12-23(26)13-24)18(25)22-21-16-9-15(10-19-11-16)17-7-5-8-20-17/h5,7-11,13-14,20-21,26H,2-4,6,12H2,1H3,(H,22,25). The van der Waals surface area contributed by atoms with E-state index in [2.05, 4.69) is 27.7 Å². The highest BCUT2D eigenvalue weighted by atomic mass is 16.5. The molecule has 8 nitrogen and oxygen atoms in total. The molecule has 0 saturated carbocycles. The van der Waals surface area contributed by atoms with Crippen LogP contribution in [0.3, 0.4) is 0 Å². The van der Waals surface area contributed by atoms with Crippen LogP contribution < -0.4 is 10.9 Å². The molecule has 0 aliphatic heterocycles. The van der Waals surface area contributed by atoms with E-state index in [-0.39, 0.29) is 12.5 Å². The Bertz CT molecular complexity index is 690. The zero-order valence-corrected chi connectivity index (χ0v) is 14.8. The number of amides is 2. The molecule has 0 saturated heterocycles. The second-order valence-corrected chi connectivity index (χ2v) is 6.08. The van der Waals surface area contributed by atoms with Gasteiger partial charge in [0.2, 0.25) is 12.3 Å². The summed E-state index contributed by atoms with van der Waals surface area (Å²) in [5.41, 5.74) is 7.92. The molecule has 2 amide bonds. The molecule has 0 aliphatic rings. The number of nitrogens with zero attached hydrogens (tertiary/aromatic N) is 2. The molecule has 0 bridgehead atoms. The van der Waals surface area contributed by atoms with Crippen molar-refractivity contribution in [3.63, 3.8) is 0 Å². The number of unbranched alkanes of at least 4 members (excludes halogenated alkanes) is 2. The minimum atomic E-state index is -0.496. The van der Waals surface area contributed by atoms with E-state index in [1.54, 1.807) is 12.4 Å². The van der Waals surface area contributed by atoms with Crippen molar-refractivity contribution >= 4 is 18.0 Å². The molecular formula is C18H25N5O3. The number of hydrogen-bond donors (Lipinski definition) is 4. The number of aromatic amines is 1. The SMILES string of the molecule is CCCCCC(CN(O)C=O)C(=O)NNc1cncc(-c2ccc[nH]2)c1. The number of hydroxylamine groups is 2. The third-order valence-electron chi connectivity index (χ3n) is 4.03. The van der Waals surface area contributed by atoms with E-state index in [1.807, 2.05) is 24.4 Å². The predicted molar refractivity (Wildman–Crippen MR) is 98.0 cm³/mol. The summed E-state index contributed by atoms with van der Waals surface area (Å²) in [6.07, 6.45) is 8.91. The van der Waals surface area contributed by atoms with Gasteiger partial charge in [-0.1, -0.05) is 26.2 Å². The van der Waals surface area contributed by atoms with Gasteiger partial charge < -0.3 is 4.98 Å². The lowest BCUT2D eigenvalue weighted by Crippen LogP contribution is -2.40. The van der Waals surface area contributed by atoms with Crippen LogP contribution in [0.5, 0.6) is 0 Å².